The molecule has 0 aliphatic carbocycles. The molecule has 0 aliphatic heterocycles. The Kier molecular flexibility index (Phi) is 5.14. The highest BCUT2D eigenvalue weighted by Gasteiger charge is 2.42. The van der Waals surface area contributed by atoms with Crippen molar-refractivity contribution in [2.24, 2.45) is 0 Å². The van der Waals surface area contributed by atoms with Crippen LogP contribution in [0.1, 0.15) is 0 Å². The zero-order valence-corrected chi connectivity index (χ0v) is 16.0. The Labute approximate surface area is 121 Å². The fourth-order valence-electron chi connectivity index (χ4n) is 2.01. The Morgan fingerprint density at radius 1 is 0.895 bits per heavy atom. The monoisotopic (exact) mass is 310 g/mol. The van der Waals surface area contributed by atoms with Gasteiger partial charge in [-0.25, -0.2) is 0 Å². The Bertz CT molecular complexity index is 426. The highest BCUT2D eigenvalue weighted by atomic mass is 28.5. The molecule has 5 heteroatoms. The molecule has 19 heavy (non-hydrogen) atoms. The largest absolute Gasteiger partial charge is 0.433 e. The minimum Gasteiger partial charge on any atom is -0.433 e. The van der Waals surface area contributed by atoms with Gasteiger partial charge < -0.3 is 8.23 Å². The van der Waals surface area contributed by atoms with E-state index in [1.807, 2.05) is 11.8 Å². The zero-order chi connectivity index (χ0) is 14.7. The van der Waals surface area contributed by atoms with Gasteiger partial charge in [0.25, 0.3) is 0 Å². The lowest BCUT2D eigenvalue weighted by Crippen LogP contribution is -2.60. The van der Waals surface area contributed by atoms with Crippen LogP contribution in [0.2, 0.25) is 39.3 Å². The minimum atomic E-state index is -2.37. The Morgan fingerprint density at radius 2 is 1.42 bits per heavy atom. The lowest BCUT2D eigenvalue weighted by Gasteiger charge is -2.38. The van der Waals surface area contributed by atoms with E-state index in [1.54, 1.807) is 0 Å². The van der Waals surface area contributed by atoms with Crippen molar-refractivity contribution in [1.82, 2.24) is 0 Å². The van der Waals surface area contributed by atoms with Crippen molar-refractivity contribution in [1.29, 1.82) is 0 Å². The molecule has 0 amide bonds. The van der Waals surface area contributed by atoms with Gasteiger partial charge in [0.05, 0.1) is 0 Å². The first-order chi connectivity index (χ1) is 8.58. The summed E-state index contributed by atoms with van der Waals surface area (Å²) in [5, 5.41) is 1.21. The van der Waals surface area contributed by atoms with Crippen LogP contribution in [0.5, 0.6) is 0 Å². The first-order valence-electron chi connectivity index (χ1n) is 6.67. The maximum atomic E-state index is 6.51. The smallest absolute Gasteiger partial charge is 0.348 e. The van der Waals surface area contributed by atoms with E-state index in [0.29, 0.717) is 0 Å². The standard InChI is InChI=1S/C14H26O2Si3/c1-8-18(5,6)16-19(7,15-17(2,3)4)14-12-10-9-11-13-14/h8-13H,1H2,2-7H3. The molecule has 0 aliphatic rings. The van der Waals surface area contributed by atoms with Crippen molar-refractivity contribution in [3.8, 4) is 0 Å². The van der Waals surface area contributed by atoms with E-state index in [1.165, 1.54) is 5.19 Å². The van der Waals surface area contributed by atoms with Crippen molar-refractivity contribution in [3.05, 3.63) is 42.6 Å². The summed E-state index contributed by atoms with van der Waals surface area (Å²) in [6.45, 7) is 17.1. The van der Waals surface area contributed by atoms with Gasteiger partial charge in [-0.1, -0.05) is 36.0 Å². The van der Waals surface area contributed by atoms with E-state index >= 15 is 0 Å². The van der Waals surface area contributed by atoms with Gasteiger partial charge in [-0.05, 0) is 44.5 Å². The highest BCUT2D eigenvalue weighted by Crippen LogP contribution is 2.21. The van der Waals surface area contributed by atoms with Crippen LogP contribution in [0.15, 0.2) is 42.6 Å². The van der Waals surface area contributed by atoms with Crippen molar-refractivity contribution in [3.63, 3.8) is 0 Å². The third kappa shape index (κ3) is 5.19. The SMILES string of the molecule is C=C[Si](C)(C)O[Si](C)(O[Si](C)(C)C)c1ccccc1. The minimum absolute atomic E-state index is 1.21. The van der Waals surface area contributed by atoms with Crippen LogP contribution >= 0.6 is 0 Å². The Hall–Kier alpha value is -0.469. The molecule has 1 unspecified atom stereocenters. The van der Waals surface area contributed by atoms with Crippen molar-refractivity contribution in [2.45, 2.75) is 39.3 Å². The predicted molar refractivity (Wildman–Crippen MR) is 90.9 cm³/mol. The molecule has 0 fully saturated rings. The molecule has 0 saturated heterocycles. The van der Waals surface area contributed by atoms with Crippen molar-refractivity contribution in [2.75, 3.05) is 0 Å². The van der Waals surface area contributed by atoms with Gasteiger partial charge in [0.1, 0.15) is 0 Å². The summed E-state index contributed by atoms with van der Waals surface area (Å²) in [6.07, 6.45) is 0. The molecular weight excluding hydrogens is 284 g/mol. The van der Waals surface area contributed by atoms with Crippen LogP contribution in [0.3, 0.4) is 0 Å². The number of benzene rings is 1. The van der Waals surface area contributed by atoms with E-state index in [9.17, 15) is 0 Å². The molecule has 1 atom stereocenters. The second kappa shape index (κ2) is 5.89. The van der Waals surface area contributed by atoms with E-state index in [0.717, 1.165) is 0 Å². The second-order valence-corrected chi connectivity index (χ2v) is 18.4. The second-order valence-electron chi connectivity index (χ2n) is 6.44. The third-order valence-corrected chi connectivity index (χ3v) is 12.8. The molecule has 0 bridgehead atoms. The lowest BCUT2D eigenvalue weighted by atomic mass is 10.4. The molecule has 0 aromatic heterocycles. The fourth-order valence-corrected chi connectivity index (χ4v) is 13.3. The van der Waals surface area contributed by atoms with Gasteiger partial charge in [-0.15, -0.1) is 6.58 Å². The Balaban J connectivity index is 3.14. The van der Waals surface area contributed by atoms with E-state index < -0.39 is 25.2 Å². The van der Waals surface area contributed by atoms with Crippen LogP contribution in [-0.4, -0.2) is 25.2 Å². The van der Waals surface area contributed by atoms with Crippen LogP contribution < -0.4 is 5.19 Å². The third-order valence-electron chi connectivity index (χ3n) is 2.75. The van der Waals surface area contributed by atoms with Gasteiger partial charge >= 0.3 is 8.56 Å². The molecule has 0 radical (unpaired) electrons. The quantitative estimate of drug-likeness (QED) is 0.745. The molecule has 0 heterocycles. The number of rotatable bonds is 6. The predicted octanol–water partition coefficient (Wildman–Crippen LogP) is 3.76. The lowest BCUT2D eigenvalue weighted by molar-refractivity contribution is 0.407. The van der Waals surface area contributed by atoms with Crippen LogP contribution in [0, 0.1) is 0 Å². The highest BCUT2D eigenvalue weighted by molar-refractivity contribution is 6.95. The first kappa shape index (κ1) is 16.6. The molecule has 106 valence electrons. The molecule has 0 saturated carbocycles. The first-order valence-corrected chi connectivity index (χ1v) is 15.4. The van der Waals surface area contributed by atoms with Crippen LogP contribution in [0.25, 0.3) is 0 Å². The van der Waals surface area contributed by atoms with Gasteiger partial charge in [-0.2, -0.15) is 0 Å². The van der Waals surface area contributed by atoms with Gasteiger partial charge in [0.15, 0.2) is 16.6 Å². The normalized spacial score (nSPS) is 15.9. The topological polar surface area (TPSA) is 18.5 Å². The molecule has 1 aromatic rings. The summed E-state index contributed by atoms with van der Waals surface area (Å²) in [5.74, 6) is 0. The fraction of sp³-hybridized carbons (Fsp3) is 0.429. The van der Waals surface area contributed by atoms with Crippen molar-refractivity contribution < 1.29 is 8.23 Å². The number of hydrogen-bond acceptors (Lipinski definition) is 2. The van der Waals surface area contributed by atoms with E-state index in [4.69, 9.17) is 8.23 Å². The average molecular weight is 311 g/mol. The summed E-state index contributed by atoms with van der Waals surface area (Å²) in [7, 11) is -5.90. The molecule has 1 aromatic carbocycles. The maximum absolute atomic E-state index is 6.51. The van der Waals surface area contributed by atoms with E-state index in [-0.39, 0.29) is 0 Å². The summed E-state index contributed by atoms with van der Waals surface area (Å²) in [5.41, 5.74) is 1.98. The van der Waals surface area contributed by atoms with Crippen LogP contribution in [0.4, 0.5) is 0 Å². The zero-order valence-electron chi connectivity index (χ0n) is 13.0. The summed E-state index contributed by atoms with van der Waals surface area (Å²) in [4.78, 5) is 0. The molecule has 2 nitrogen and oxygen atoms in total. The van der Waals surface area contributed by atoms with Crippen molar-refractivity contribution >= 4 is 30.4 Å². The molecule has 0 N–H and O–H groups in total. The van der Waals surface area contributed by atoms with E-state index in [2.05, 4.69) is 70.1 Å². The van der Waals surface area contributed by atoms with Gasteiger partial charge in [0.2, 0.25) is 0 Å². The molecule has 0 spiro atoms. The van der Waals surface area contributed by atoms with Crippen LogP contribution in [-0.2, 0) is 8.23 Å². The van der Waals surface area contributed by atoms with Gasteiger partial charge in [-0.3, -0.25) is 0 Å². The average Bonchev–Trinajstić information content (AvgIpc) is 2.27. The summed E-state index contributed by atoms with van der Waals surface area (Å²) >= 11 is 0. The molecular formula is C14H26O2Si3. The van der Waals surface area contributed by atoms with Gasteiger partial charge in [0, 0.05) is 0 Å². The summed E-state index contributed by atoms with van der Waals surface area (Å²) < 4.78 is 13.0. The number of hydrogen-bond donors (Lipinski definition) is 0. The summed E-state index contributed by atoms with van der Waals surface area (Å²) in [6, 6.07) is 10.4. The molecule has 1 rings (SSSR count). The Morgan fingerprint density at radius 3 is 1.84 bits per heavy atom. The maximum Gasteiger partial charge on any atom is 0.348 e.